The molecule has 0 saturated carbocycles. The zero-order valence-electron chi connectivity index (χ0n) is 14.0. The van der Waals surface area contributed by atoms with Gasteiger partial charge in [0.2, 0.25) is 0 Å². The van der Waals surface area contributed by atoms with E-state index in [0.717, 1.165) is 62.9 Å². The van der Waals surface area contributed by atoms with Crippen LogP contribution in [0.15, 0.2) is 29.1 Å². The zero-order valence-corrected chi connectivity index (χ0v) is 14.0. The lowest BCUT2D eigenvalue weighted by Gasteiger charge is -2.34. The molecule has 3 heterocycles. The minimum Gasteiger partial charge on any atom is -0.333 e. The lowest BCUT2D eigenvalue weighted by Crippen LogP contribution is -2.36. The number of nitrogens with zero attached hydrogens (tertiary/aromatic N) is 3. The lowest BCUT2D eigenvalue weighted by molar-refractivity contribution is 0.193. The van der Waals surface area contributed by atoms with Gasteiger partial charge in [-0.25, -0.2) is 8.78 Å². The Bertz CT molecular complexity index is 849. The molecule has 1 aromatic carbocycles. The molecule has 1 atom stereocenters. The minimum atomic E-state index is -0.801. The molecule has 0 radical (unpaired) electrons. The fraction of sp³-hybridized carbons (Fsp3) is 0.474. The quantitative estimate of drug-likeness (QED) is 0.859. The van der Waals surface area contributed by atoms with Crippen LogP contribution in [-0.4, -0.2) is 27.5 Å². The van der Waals surface area contributed by atoms with Crippen molar-refractivity contribution in [1.82, 2.24) is 14.5 Å². The first-order valence-corrected chi connectivity index (χ1v) is 8.88. The van der Waals surface area contributed by atoms with Crippen LogP contribution in [0.3, 0.4) is 0 Å². The van der Waals surface area contributed by atoms with Crippen LogP contribution in [0.2, 0.25) is 0 Å². The number of likely N-dealkylation sites (tertiary alicyclic amines) is 1. The van der Waals surface area contributed by atoms with E-state index in [1.165, 1.54) is 0 Å². The van der Waals surface area contributed by atoms with Crippen molar-refractivity contribution >= 4 is 0 Å². The van der Waals surface area contributed by atoms with E-state index < -0.39 is 11.6 Å². The average molecular weight is 345 g/mol. The van der Waals surface area contributed by atoms with Crippen LogP contribution in [0.25, 0.3) is 0 Å². The molecule has 2 aliphatic rings. The van der Waals surface area contributed by atoms with Gasteiger partial charge in [-0.1, -0.05) is 12.1 Å². The van der Waals surface area contributed by atoms with E-state index >= 15 is 0 Å². The molecule has 25 heavy (non-hydrogen) atoms. The second kappa shape index (κ2) is 6.67. The standard InChI is InChI=1S/C19H21F2N3O/c20-15-6-1-4-14(19(15)21)12-23-8-2-5-13(11-23)16-10-18(25)22-17-7-3-9-24(16)17/h1,4,6,10,13H,2-3,5,7-9,11-12H2/t13-/m1/s1. The largest absolute Gasteiger partial charge is 0.333 e. The molecule has 4 nitrogen and oxygen atoms in total. The van der Waals surface area contributed by atoms with Gasteiger partial charge in [-0.15, -0.1) is 0 Å². The Morgan fingerprint density at radius 3 is 2.96 bits per heavy atom. The Hall–Kier alpha value is -2.08. The number of aryl methyl sites for hydroxylation is 1. The van der Waals surface area contributed by atoms with Gasteiger partial charge in [0.25, 0.3) is 5.56 Å². The molecule has 2 aromatic rings. The van der Waals surface area contributed by atoms with Crippen molar-refractivity contribution in [2.75, 3.05) is 13.1 Å². The van der Waals surface area contributed by atoms with E-state index in [0.29, 0.717) is 12.1 Å². The first-order valence-electron chi connectivity index (χ1n) is 8.88. The van der Waals surface area contributed by atoms with Crippen LogP contribution in [0, 0.1) is 11.6 Å². The summed E-state index contributed by atoms with van der Waals surface area (Å²) in [4.78, 5) is 18.2. The lowest BCUT2D eigenvalue weighted by atomic mass is 9.93. The maximum Gasteiger partial charge on any atom is 0.273 e. The number of hydrogen-bond acceptors (Lipinski definition) is 3. The zero-order chi connectivity index (χ0) is 17.4. The number of piperidine rings is 1. The Labute approximate surface area is 145 Å². The molecule has 0 amide bonds. The van der Waals surface area contributed by atoms with Gasteiger partial charge in [-0.05, 0) is 31.9 Å². The third-order valence-corrected chi connectivity index (χ3v) is 5.27. The summed E-state index contributed by atoms with van der Waals surface area (Å²) in [6.07, 6.45) is 3.86. The number of aromatic nitrogens is 2. The van der Waals surface area contributed by atoms with Crippen LogP contribution < -0.4 is 5.56 Å². The summed E-state index contributed by atoms with van der Waals surface area (Å²) < 4.78 is 29.6. The first kappa shape index (κ1) is 16.4. The van der Waals surface area contributed by atoms with Gasteiger partial charge in [-0.3, -0.25) is 9.69 Å². The summed E-state index contributed by atoms with van der Waals surface area (Å²) in [5.74, 6) is -0.441. The second-order valence-corrected chi connectivity index (χ2v) is 6.98. The van der Waals surface area contributed by atoms with Crippen molar-refractivity contribution in [2.24, 2.45) is 0 Å². The number of rotatable bonds is 3. The maximum absolute atomic E-state index is 14.0. The normalized spacial score (nSPS) is 20.6. The van der Waals surface area contributed by atoms with Crippen molar-refractivity contribution in [3.8, 4) is 0 Å². The van der Waals surface area contributed by atoms with Crippen LogP contribution in [0.1, 0.15) is 42.3 Å². The van der Waals surface area contributed by atoms with Crippen LogP contribution in [-0.2, 0) is 19.5 Å². The summed E-state index contributed by atoms with van der Waals surface area (Å²) in [5.41, 5.74) is 1.27. The van der Waals surface area contributed by atoms with E-state index in [1.54, 1.807) is 18.2 Å². The third-order valence-electron chi connectivity index (χ3n) is 5.27. The number of benzene rings is 1. The van der Waals surface area contributed by atoms with Gasteiger partial charge in [0.05, 0.1) is 0 Å². The number of hydrogen-bond donors (Lipinski definition) is 0. The Kier molecular flexibility index (Phi) is 4.37. The smallest absolute Gasteiger partial charge is 0.273 e. The Morgan fingerprint density at radius 2 is 2.08 bits per heavy atom. The predicted octanol–water partition coefficient (Wildman–Crippen LogP) is 2.85. The van der Waals surface area contributed by atoms with E-state index in [1.807, 2.05) is 0 Å². The van der Waals surface area contributed by atoms with E-state index in [2.05, 4.69) is 14.5 Å². The van der Waals surface area contributed by atoms with E-state index in [-0.39, 0.29) is 11.5 Å². The highest BCUT2D eigenvalue weighted by Crippen LogP contribution is 2.29. The van der Waals surface area contributed by atoms with Gasteiger partial charge >= 0.3 is 0 Å². The predicted molar refractivity (Wildman–Crippen MR) is 90.4 cm³/mol. The molecular formula is C19H21F2N3O. The Balaban J connectivity index is 1.56. The highest BCUT2D eigenvalue weighted by Gasteiger charge is 2.27. The molecular weight excluding hydrogens is 324 g/mol. The van der Waals surface area contributed by atoms with Crippen molar-refractivity contribution < 1.29 is 8.78 Å². The molecule has 2 aliphatic heterocycles. The molecule has 1 saturated heterocycles. The molecule has 0 aliphatic carbocycles. The minimum absolute atomic E-state index is 0.170. The molecule has 6 heteroatoms. The molecule has 0 N–H and O–H groups in total. The molecule has 1 aromatic heterocycles. The van der Waals surface area contributed by atoms with Crippen molar-refractivity contribution in [3.05, 3.63) is 63.3 Å². The Morgan fingerprint density at radius 1 is 1.20 bits per heavy atom. The van der Waals surface area contributed by atoms with Crippen LogP contribution >= 0.6 is 0 Å². The molecule has 0 bridgehead atoms. The van der Waals surface area contributed by atoms with Gasteiger partial charge in [0, 0.05) is 49.3 Å². The molecule has 0 unspecified atom stereocenters. The number of halogens is 2. The van der Waals surface area contributed by atoms with Crippen molar-refractivity contribution in [2.45, 2.75) is 44.7 Å². The summed E-state index contributed by atoms with van der Waals surface area (Å²) >= 11 is 0. The maximum atomic E-state index is 14.0. The number of fused-ring (bicyclic) bond motifs is 1. The molecule has 1 fully saturated rings. The highest BCUT2D eigenvalue weighted by atomic mass is 19.2. The van der Waals surface area contributed by atoms with Crippen LogP contribution in [0.5, 0.6) is 0 Å². The average Bonchev–Trinajstić information content (AvgIpc) is 3.07. The summed E-state index contributed by atoms with van der Waals surface area (Å²) in [6, 6.07) is 5.98. The van der Waals surface area contributed by atoms with Gasteiger partial charge in [-0.2, -0.15) is 4.98 Å². The fourth-order valence-corrected chi connectivity index (χ4v) is 4.11. The van der Waals surface area contributed by atoms with Crippen molar-refractivity contribution in [3.63, 3.8) is 0 Å². The second-order valence-electron chi connectivity index (χ2n) is 6.98. The van der Waals surface area contributed by atoms with Gasteiger partial charge in [0.15, 0.2) is 11.6 Å². The first-order chi connectivity index (χ1) is 12.1. The monoisotopic (exact) mass is 345 g/mol. The highest BCUT2D eigenvalue weighted by molar-refractivity contribution is 5.20. The molecule has 0 spiro atoms. The van der Waals surface area contributed by atoms with Gasteiger partial charge < -0.3 is 4.57 Å². The summed E-state index contributed by atoms with van der Waals surface area (Å²) in [5, 5.41) is 0. The summed E-state index contributed by atoms with van der Waals surface area (Å²) in [7, 11) is 0. The van der Waals surface area contributed by atoms with Crippen molar-refractivity contribution in [1.29, 1.82) is 0 Å². The topological polar surface area (TPSA) is 38.1 Å². The third kappa shape index (κ3) is 3.23. The van der Waals surface area contributed by atoms with E-state index in [4.69, 9.17) is 0 Å². The SMILES string of the molecule is O=c1cc([C@@H]2CCCN(Cc3cccc(F)c3F)C2)n2c(n1)CCC2. The van der Waals surface area contributed by atoms with Gasteiger partial charge in [0.1, 0.15) is 5.82 Å². The van der Waals surface area contributed by atoms with Crippen LogP contribution in [0.4, 0.5) is 8.78 Å². The fourth-order valence-electron chi connectivity index (χ4n) is 4.11. The van der Waals surface area contributed by atoms with E-state index in [9.17, 15) is 13.6 Å². The summed E-state index contributed by atoms with van der Waals surface area (Å²) in [6.45, 7) is 2.91. The molecule has 132 valence electrons. The molecule has 4 rings (SSSR count).